The fourth-order valence-corrected chi connectivity index (χ4v) is 8.01. The lowest BCUT2D eigenvalue weighted by Gasteiger charge is -2.10. The van der Waals surface area contributed by atoms with Crippen LogP contribution in [0.2, 0.25) is 0 Å². The molecular formula is C37H33N5. The summed E-state index contributed by atoms with van der Waals surface area (Å²) in [5.41, 5.74) is 7.09. The van der Waals surface area contributed by atoms with Gasteiger partial charge >= 0.3 is 0 Å². The third kappa shape index (κ3) is 3.87. The molecule has 1 aliphatic heterocycles. The van der Waals surface area contributed by atoms with Crippen LogP contribution in [0.3, 0.4) is 0 Å². The molecule has 42 heavy (non-hydrogen) atoms. The molecule has 2 aromatic heterocycles. The van der Waals surface area contributed by atoms with Crippen molar-refractivity contribution in [3.8, 4) is 33.6 Å². The maximum atomic E-state index is 4.77. The highest BCUT2D eigenvalue weighted by Crippen LogP contribution is 2.57. The number of aromatic amines is 2. The first-order valence-electron chi connectivity index (χ1n) is 15.6. The Morgan fingerprint density at radius 1 is 0.500 bits per heavy atom. The Morgan fingerprint density at radius 3 is 1.60 bits per heavy atom. The summed E-state index contributed by atoms with van der Waals surface area (Å²) in [5.74, 6) is 5.69. The fourth-order valence-electron chi connectivity index (χ4n) is 8.01. The number of piperidine rings is 1. The summed E-state index contributed by atoms with van der Waals surface area (Å²) in [6, 6.07) is 28.2. The van der Waals surface area contributed by atoms with E-state index >= 15 is 0 Å². The van der Waals surface area contributed by atoms with Gasteiger partial charge in [-0.25, -0.2) is 9.97 Å². The Bertz CT molecular complexity index is 1850. The maximum absolute atomic E-state index is 4.77. The summed E-state index contributed by atoms with van der Waals surface area (Å²) in [6.45, 7) is 0. The highest BCUT2D eigenvalue weighted by molar-refractivity contribution is 5.94. The zero-order chi connectivity index (χ0) is 27.4. The molecule has 3 aliphatic carbocycles. The van der Waals surface area contributed by atoms with Crippen LogP contribution in [0.5, 0.6) is 0 Å². The van der Waals surface area contributed by atoms with Crippen molar-refractivity contribution in [3.63, 3.8) is 0 Å². The van der Waals surface area contributed by atoms with Gasteiger partial charge in [0.1, 0.15) is 11.6 Å². The van der Waals surface area contributed by atoms with Crippen molar-refractivity contribution < 1.29 is 0 Å². The number of nitrogens with zero attached hydrogens (tertiary/aromatic N) is 2. The Labute approximate surface area is 244 Å². The summed E-state index contributed by atoms with van der Waals surface area (Å²) in [4.78, 5) is 16.7. The molecule has 1 saturated heterocycles. The van der Waals surface area contributed by atoms with Gasteiger partial charge in [-0.2, -0.15) is 0 Å². The molecule has 0 amide bonds. The van der Waals surface area contributed by atoms with Crippen LogP contribution in [0, 0.1) is 17.8 Å². The first-order valence-corrected chi connectivity index (χ1v) is 15.6. The lowest BCUT2D eigenvalue weighted by Crippen LogP contribution is -2.18. The molecule has 206 valence electrons. The van der Waals surface area contributed by atoms with Crippen molar-refractivity contribution in [1.82, 2.24) is 25.3 Å². The number of fused-ring (bicyclic) bond motifs is 4. The van der Waals surface area contributed by atoms with Crippen LogP contribution < -0.4 is 5.32 Å². The number of benzene rings is 4. The summed E-state index contributed by atoms with van der Waals surface area (Å²) < 4.78 is 0. The Morgan fingerprint density at radius 2 is 1.02 bits per heavy atom. The molecule has 0 radical (unpaired) electrons. The molecule has 1 unspecified atom stereocenters. The van der Waals surface area contributed by atoms with Gasteiger partial charge in [-0.1, -0.05) is 48.5 Å². The molecule has 10 rings (SSSR count). The molecular weight excluding hydrogens is 514 g/mol. The highest BCUT2D eigenvalue weighted by atomic mass is 15.1. The number of hydrogen-bond donors (Lipinski definition) is 3. The molecule has 5 heteroatoms. The molecule has 4 aliphatic rings. The smallest absolute Gasteiger partial charge is 0.123 e. The van der Waals surface area contributed by atoms with Gasteiger partial charge < -0.3 is 15.3 Å². The van der Waals surface area contributed by atoms with Crippen molar-refractivity contribution >= 4 is 21.5 Å². The predicted molar refractivity (Wildman–Crippen MR) is 168 cm³/mol. The Kier molecular flexibility index (Phi) is 4.81. The normalized spacial score (nSPS) is 27.4. The van der Waals surface area contributed by atoms with Gasteiger partial charge in [-0.3, -0.25) is 0 Å². The zero-order valence-electron chi connectivity index (χ0n) is 23.5. The molecule has 6 aromatic rings. The number of rotatable bonds is 5. The molecule has 4 fully saturated rings. The standard InChI is InChI=1S/C37H33N5/c1-3-24-11-26(34-18-38-36(41-34)31-14-28-13-29(28)15-31)7-5-22(24)9-20(1)21-2-4-25-12-27(8-6-23(25)10-21)35-19-39-37(42-35)33-17-30-16-32(30)40-33/h1-12,18-19,28-33,40H,13-17H2,(H,38,41)(H,39,42)/t28-,29+,30-,31?,32-,33+/m1/s1. The van der Waals surface area contributed by atoms with E-state index in [1.807, 2.05) is 12.4 Å². The minimum Gasteiger partial charge on any atom is -0.342 e. The minimum absolute atomic E-state index is 0.379. The van der Waals surface area contributed by atoms with E-state index in [0.29, 0.717) is 12.0 Å². The Hall–Kier alpha value is -4.22. The molecule has 4 aromatic carbocycles. The maximum Gasteiger partial charge on any atom is 0.123 e. The van der Waals surface area contributed by atoms with Crippen LogP contribution >= 0.6 is 0 Å². The van der Waals surface area contributed by atoms with E-state index in [9.17, 15) is 0 Å². The van der Waals surface area contributed by atoms with Gasteiger partial charge in [0.05, 0.1) is 29.8 Å². The van der Waals surface area contributed by atoms with E-state index in [1.165, 1.54) is 81.7 Å². The third-order valence-electron chi connectivity index (χ3n) is 10.7. The molecule has 0 spiro atoms. The van der Waals surface area contributed by atoms with E-state index in [4.69, 9.17) is 9.97 Å². The predicted octanol–water partition coefficient (Wildman–Crippen LogP) is 8.38. The molecule has 3 N–H and O–H groups in total. The van der Waals surface area contributed by atoms with E-state index in [2.05, 4.69) is 88.1 Å². The highest BCUT2D eigenvalue weighted by Gasteiger charge is 2.47. The summed E-state index contributed by atoms with van der Waals surface area (Å²) >= 11 is 0. The van der Waals surface area contributed by atoms with Crippen LogP contribution in [0.25, 0.3) is 55.2 Å². The largest absolute Gasteiger partial charge is 0.342 e. The average molecular weight is 548 g/mol. The second-order valence-electron chi connectivity index (χ2n) is 13.4. The van der Waals surface area contributed by atoms with Crippen LogP contribution in [-0.4, -0.2) is 26.0 Å². The third-order valence-corrected chi connectivity index (χ3v) is 10.7. The zero-order valence-corrected chi connectivity index (χ0v) is 23.5. The van der Waals surface area contributed by atoms with Gasteiger partial charge in [-0.05, 0) is 107 Å². The van der Waals surface area contributed by atoms with Gasteiger partial charge in [0.25, 0.3) is 0 Å². The number of imidazole rings is 2. The number of aromatic nitrogens is 4. The summed E-state index contributed by atoms with van der Waals surface area (Å²) in [5, 5.41) is 8.70. The van der Waals surface area contributed by atoms with Gasteiger partial charge in [-0.15, -0.1) is 0 Å². The van der Waals surface area contributed by atoms with E-state index in [1.54, 1.807) is 0 Å². The molecule has 3 saturated carbocycles. The van der Waals surface area contributed by atoms with Crippen LogP contribution in [0.15, 0.2) is 85.2 Å². The molecule has 3 heterocycles. The topological polar surface area (TPSA) is 69.4 Å². The first-order chi connectivity index (χ1) is 20.7. The molecule has 0 bridgehead atoms. The monoisotopic (exact) mass is 547 g/mol. The van der Waals surface area contributed by atoms with Crippen LogP contribution in [0.1, 0.15) is 55.7 Å². The second kappa shape index (κ2) is 8.65. The summed E-state index contributed by atoms with van der Waals surface area (Å²) in [6.07, 6.45) is 10.6. The second-order valence-corrected chi connectivity index (χ2v) is 13.4. The Balaban J connectivity index is 0.900. The lowest BCUT2D eigenvalue weighted by atomic mass is 9.97. The minimum atomic E-state index is 0.379. The van der Waals surface area contributed by atoms with E-state index in [0.717, 1.165) is 41.0 Å². The van der Waals surface area contributed by atoms with Crippen molar-refractivity contribution in [1.29, 1.82) is 0 Å². The number of nitrogens with one attached hydrogen (secondary N) is 3. The SMILES string of the molecule is c1cc2cc(-c3cnc(C4C[C@@H]5C[C@@H]5C4)[nH]3)ccc2cc1-c1ccc2cc(-c3cnc([C@@H]4C[C@H]5C[C@H]5N4)[nH]3)ccc2c1. The number of H-pyrrole nitrogens is 2. The molecule has 5 nitrogen and oxygen atoms in total. The average Bonchev–Trinajstić information content (AvgIpc) is 3.57. The fraction of sp³-hybridized carbons (Fsp3) is 0.297. The van der Waals surface area contributed by atoms with Crippen molar-refractivity contribution in [2.45, 2.75) is 50.1 Å². The van der Waals surface area contributed by atoms with Gasteiger partial charge in [0, 0.05) is 23.1 Å². The molecule has 6 atom stereocenters. The lowest BCUT2D eigenvalue weighted by molar-refractivity contribution is 0.543. The van der Waals surface area contributed by atoms with Crippen molar-refractivity contribution in [3.05, 3.63) is 96.8 Å². The van der Waals surface area contributed by atoms with Crippen LogP contribution in [-0.2, 0) is 0 Å². The van der Waals surface area contributed by atoms with E-state index < -0.39 is 0 Å². The number of hydrogen-bond acceptors (Lipinski definition) is 3. The first kappa shape index (κ1) is 23.4. The van der Waals surface area contributed by atoms with Crippen molar-refractivity contribution in [2.75, 3.05) is 0 Å². The summed E-state index contributed by atoms with van der Waals surface area (Å²) in [7, 11) is 0. The van der Waals surface area contributed by atoms with E-state index in [-0.39, 0.29) is 0 Å². The van der Waals surface area contributed by atoms with Crippen LogP contribution in [0.4, 0.5) is 0 Å². The quantitative estimate of drug-likeness (QED) is 0.203. The van der Waals surface area contributed by atoms with Gasteiger partial charge in [0.2, 0.25) is 0 Å². The van der Waals surface area contributed by atoms with Gasteiger partial charge in [0.15, 0.2) is 0 Å². The van der Waals surface area contributed by atoms with Crippen molar-refractivity contribution in [2.24, 2.45) is 17.8 Å².